The molecule has 0 bridgehead atoms. The monoisotopic (exact) mass is 368 g/mol. The lowest BCUT2D eigenvalue weighted by molar-refractivity contribution is 0.273. The van der Waals surface area contributed by atoms with Gasteiger partial charge in [-0.25, -0.2) is 4.68 Å². The van der Waals surface area contributed by atoms with Crippen LogP contribution in [0.2, 0.25) is 0 Å². The third kappa shape index (κ3) is 5.57. The number of likely N-dealkylation sites (N-methyl/N-ethyl adjacent to an activating group) is 1. The predicted octanol–water partition coefficient (Wildman–Crippen LogP) is 2.45. The Morgan fingerprint density at radius 1 is 1.22 bits per heavy atom. The van der Waals surface area contributed by atoms with Crippen LogP contribution >= 0.6 is 0 Å². The van der Waals surface area contributed by atoms with Gasteiger partial charge in [-0.15, -0.1) is 0 Å². The van der Waals surface area contributed by atoms with Gasteiger partial charge in [0.1, 0.15) is 0 Å². The van der Waals surface area contributed by atoms with Gasteiger partial charge in [-0.05, 0) is 63.0 Å². The van der Waals surface area contributed by atoms with E-state index in [0.29, 0.717) is 6.04 Å². The first-order valence-corrected chi connectivity index (χ1v) is 10.1. The summed E-state index contributed by atoms with van der Waals surface area (Å²) in [5, 5.41) is 11.1. The molecule has 2 aromatic rings. The second-order valence-corrected chi connectivity index (χ2v) is 6.94. The van der Waals surface area contributed by atoms with Crippen LogP contribution in [0.4, 0.5) is 0 Å². The van der Waals surface area contributed by atoms with Gasteiger partial charge in [-0.1, -0.05) is 19.1 Å². The van der Waals surface area contributed by atoms with E-state index in [1.165, 1.54) is 24.9 Å². The number of aliphatic imine (C=N–C) groups is 1. The van der Waals surface area contributed by atoms with E-state index >= 15 is 0 Å². The van der Waals surface area contributed by atoms with Crippen molar-refractivity contribution in [1.82, 2.24) is 25.3 Å². The number of likely N-dealkylation sites (tertiary alicyclic amines) is 1. The highest BCUT2D eigenvalue weighted by molar-refractivity contribution is 5.79. The van der Waals surface area contributed by atoms with Gasteiger partial charge in [0.2, 0.25) is 0 Å². The lowest BCUT2D eigenvalue weighted by Gasteiger charge is -2.21. The second-order valence-electron chi connectivity index (χ2n) is 6.94. The van der Waals surface area contributed by atoms with Crippen molar-refractivity contribution in [3.63, 3.8) is 0 Å². The summed E-state index contributed by atoms with van der Waals surface area (Å²) in [6.07, 6.45) is 7.28. The van der Waals surface area contributed by atoms with Crippen LogP contribution in [0.1, 0.15) is 32.3 Å². The smallest absolute Gasteiger partial charge is 0.191 e. The molecule has 1 aromatic heterocycles. The number of nitrogens with one attached hydrogen (secondary N) is 2. The van der Waals surface area contributed by atoms with Gasteiger partial charge in [0.05, 0.1) is 12.2 Å². The number of rotatable bonds is 8. The fourth-order valence-corrected chi connectivity index (χ4v) is 3.62. The van der Waals surface area contributed by atoms with Crippen LogP contribution in [0.25, 0.3) is 5.69 Å². The van der Waals surface area contributed by atoms with Gasteiger partial charge < -0.3 is 10.6 Å². The van der Waals surface area contributed by atoms with E-state index in [9.17, 15) is 0 Å². The topological polar surface area (TPSA) is 57.5 Å². The van der Waals surface area contributed by atoms with Gasteiger partial charge in [0, 0.05) is 31.5 Å². The molecule has 1 aliphatic rings. The number of benzene rings is 1. The molecule has 1 atom stereocenters. The number of aromatic nitrogens is 2. The molecule has 0 spiro atoms. The largest absolute Gasteiger partial charge is 0.357 e. The molecular formula is C21H32N6. The first kappa shape index (κ1) is 19.4. The fourth-order valence-electron chi connectivity index (χ4n) is 3.62. The number of nitrogens with zero attached hydrogens (tertiary/aromatic N) is 4. The maximum atomic E-state index is 4.81. The zero-order chi connectivity index (χ0) is 18.9. The Morgan fingerprint density at radius 2 is 2.07 bits per heavy atom. The first-order chi connectivity index (χ1) is 13.3. The Morgan fingerprint density at radius 3 is 2.78 bits per heavy atom. The van der Waals surface area contributed by atoms with Crippen molar-refractivity contribution < 1.29 is 0 Å². The van der Waals surface area contributed by atoms with Gasteiger partial charge in [-0.2, -0.15) is 5.10 Å². The molecule has 0 saturated carbocycles. The zero-order valence-electron chi connectivity index (χ0n) is 16.6. The molecule has 0 amide bonds. The van der Waals surface area contributed by atoms with Crippen LogP contribution in [-0.2, 0) is 6.42 Å². The molecule has 2 heterocycles. The summed E-state index contributed by atoms with van der Waals surface area (Å²) in [7, 11) is 0. The Balaban J connectivity index is 1.48. The van der Waals surface area contributed by atoms with Crippen LogP contribution in [0.15, 0.2) is 47.7 Å². The lowest BCUT2D eigenvalue weighted by atomic mass is 10.1. The zero-order valence-corrected chi connectivity index (χ0v) is 16.6. The highest BCUT2D eigenvalue weighted by Gasteiger charge is 2.22. The number of guanidine groups is 1. The average Bonchev–Trinajstić information content (AvgIpc) is 3.38. The Labute approximate surface area is 162 Å². The lowest BCUT2D eigenvalue weighted by Crippen LogP contribution is -2.40. The van der Waals surface area contributed by atoms with E-state index < -0.39 is 0 Å². The molecule has 3 rings (SSSR count). The van der Waals surface area contributed by atoms with Crippen molar-refractivity contribution in [2.24, 2.45) is 4.99 Å². The molecule has 6 nitrogen and oxygen atoms in total. The van der Waals surface area contributed by atoms with E-state index in [2.05, 4.69) is 58.7 Å². The summed E-state index contributed by atoms with van der Waals surface area (Å²) in [5.74, 6) is 0.925. The third-order valence-electron chi connectivity index (χ3n) is 5.12. The summed E-state index contributed by atoms with van der Waals surface area (Å²) < 4.78 is 1.88. The fraction of sp³-hybridized carbons (Fsp3) is 0.524. The third-order valence-corrected chi connectivity index (χ3v) is 5.12. The van der Waals surface area contributed by atoms with Crippen molar-refractivity contribution in [2.75, 3.05) is 32.7 Å². The highest BCUT2D eigenvalue weighted by atomic mass is 15.3. The Bertz CT molecular complexity index is 692. The van der Waals surface area contributed by atoms with E-state index in [4.69, 9.17) is 4.99 Å². The molecule has 0 radical (unpaired) electrons. The van der Waals surface area contributed by atoms with Crippen molar-refractivity contribution in [3.8, 4) is 5.69 Å². The first-order valence-electron chi connectivity index (χ1n) is 10.1. The maximum absolute atomic E-state index is 4.81. The number of hydrogen-bond donors (Lipinski definition) is 2. The predicted molar refractivity (Wildman–Crippen MR) is 112 cm³/mol. The van der Waals surface area contributed by atoms with Gasteiger partial charge in [0.15, 0.2) is 5.96 Å². The van der Waals surface area contributed by atoms with Crippen molar-refractivity contribution in [3.05, 3.63) is 48.3 Å². The van der Waals surface area contributed by atoms with Crippen LogP contribution < -0.4 is 10.6 Å². The van der Waals surface area contributed by atoms with Gasteiger partial charge >= 0.3 is 0 Å². The van der Waals surface area contributed by atoms with E-state index in [1.807, 2.05) is 16.9 Å². The van der Waals surface area contributed by atoms with Crippen LogP contribution in [0, 0.1) is 0 Å². The Kier molecular flexibility index (Phi) is 7.27. The minimum atomic E-state index is 0.597. The van der Waals surface area contributed by atoms with E-state index in [1.54, 1.807) is 6.20 Å². The van der Waals surface area contributed by atoms with E-state index in [-0.39, 0.29) is 0 Å². The minimum Gasteiger partial charge on any atom is -0.357 e. The molecule has 1 fully saturated rings. The van der Waals surface area contributed by atoms with Crippen LogP contribution in [-0.4, -0.2) is 59.4 Å². The molecule has 1 unspecified atom stereocenters. The van der Waals surface area contributed by atoms with Crippen molar-refractivity contribution in [1.29, 1.82) is 0 Å². The van der Waals surface area contributed by atoms with Crippen molar-refractivity contribution >= 4 is 5.96 Å². The minimum absolute atomic E-state index is 0.597. The van der Waals surface area contributed by atoms with Crippen LogP contribution in [0.5, 0.6) is 0 Å². The normalized spacial score (nSPS) is 18.0. The molecule has 6 heteroatoms. The molecule has 1 aromatic carbocycles. The molecule has 2 N–H and O–H groups in total. The second kappa shape index (κ2) is 10.1. The maximum Gasteiger partial charge on any atom is 0.191 e. The Hall–Kier alpha value is -2.34. The quantitative estimate of drug-likeness (QED) is 0.555. The molecule has 146 valence electrons. The summed E-state index contributed by atoms with van der Waals surface area (Å²) >= 11 is 0. The summed E-state index contributed by atoms with van der Waals surface area (Å²) in [6.45, 7) is 9.32. The highest BCUT2D eigenvalue weighted by Crippen LogP contribution is 2.16. The van der Waals surface area contributed by atoms with Crippen LogP contribution in [0.3, 0.4) is 0 Å². The summed E-state index contributed by atoms with van der Waals surface area (Å²) in [6, 6.07) is 11.1. The summed E-state index contributed by atoms with van der Waals surface area (Å²) in [5.41, 5.74) is 2.39. The van der Waals surface area contributed by atoms with Gasteiger partial charge in [-0.3, -0.25) is 9.89 Å². The molecule has 1 aliphatic heterocycles. The van der Waals surface area contributed by atoms with Gasteiger partial charge in [0.25, 0.3) is 0 Å². The molecule has 27 heavy (non-hydrogen) atoms. The molecule has 1 saturated heterocycles. The molecular weight excluding hydrogens is 336 g/mol. The van der Waals surface area contributed by atoms with Crippen molar-refractivity contribution in [2.45, 2.75) is 39.2 Å². The molecule has 0 aliphatic carbocycles. The SMILES string of the molecule is CCNC(=NCC1CCCN1CC)NCCc1ccc(-n2cccn2)cc1. The standard InChI is InChI=1S/C21H32N6/c1-3-22-21(24-17-20-7-5-15-26(20)4-2)23-14-12-18-8-10-19(11-9-18)27-16-6-13-25-27/h6,8-11,13,16,20H,3-5,7,12,14-15,17H2,1-2H3,(H2,22,23,24). The average molecular weight is 369 g/mol. The van der Waals surface area contributed by atoms with E-state index in [0.717, 1.165) is 44.2 Å². The summed E-state index contributed by atoms with van der Waals surface area (Å²) in [4.78, 5) is 7.35. The number of hydrogen-bond acceptors (Lipinski definition) is 3.